The number of carbonyl (C=O) groups excluding carboxylic acids is 1. The van der Waals surface area contributed by atoms with Gasteiger partial charge in [-0.15, -0.1) is 10.1 Å². The van der Waals surface area contributed by atoms with Gasteiger partial charge in [-0.2, -0.15) is 24.4 Å². The number of thiol groups is 1. The van der Waals surface area contributed by atoms with Crippen LogP contribution >= 0.6 is 24.4 Å². The second-order valence-electron chi connectivity index (χ2n) is 3.84. The zero-order valence-electron chi connectivity index (χ0n) is 11.1. The van der Waals surface area contributed by atoms with Gasteiger partial charge in [-0.1, -0.05) is 0 Å². The van der Waals surface area contributed by atoms with Crippen LogP contribution in [-0.4, -0.2) is 34.3 Å². The van der Waals surface area contributed by atoms with E-state index in [2.05, 4.69) is 17.5 Å². The minimum Gasteiger partial charge on any atom is -0.508 e. The lowest BCUT2D eigenvalue weighted by molar-refractivity contribution is -0.756. The molecule has 0 unspecified atom stereocenters. The maximum atomic E-state index is 11.6. The van der Waals surface area contributed by atoms with Gasteiger partial charge in [0.15, 0.2) is 0 Å². The first kappa shape index (κ1) is 17.4. The molecule has 0 saturated heterocycles. The van der Waals surface area contributed by atoms with E-state index in [9.17, 15) is 20.0 Å². The molecule has 0 aliphatic heterocycles. The monoisotopic (exact) mass is 333 g/mol. The Labute approximate surface area is 131 Å². The Morgan fingerprint density at radius 2 is 2.19 bits per heavy atom. The summed E-state index contributed by atoms with van der Waals surface area (Å²) in [6.07, 6.45) is 0.177. The Bertz CT molecular complexity index is 497. The van der Waals surface area contributed by atoms with E-state index in [4.69, 9.17) is 4.74 Å². The van der Waals surface area contributed by atoms with Crippen molar-refractivity contribution >= 4 is 30.4 Å². The quantitative estimate of drug-likeness (QED) is 0.178. The molecule has 0 aliphatic rings. The fourth-order valence-corrected chi connectivity index (χ4v) is 2.35. The molecule has 9 heteroatoms. The van der Waals surface area contributed by atoms with Crippen LogP contribution < -0.4 is 4.74 Å². The summed E-state index contributed by atoms with van der Waals surface area (Å²) < 4.78 is 5.18. The summed E-state index contributed by atoms with van der Waals surface area (Å²) in [5.41, 5.74) is 0.624. The molecule has 21 heavy (non-hydrogen) atoms. The molecule has 0 atom stereocenters. The van der Waals surface area contributed by atoms with Gasteiger partial charge >= 0.3 is 5.97 Å². The van der Waals surface area contributed by atoms with Gasteiger partial charge < -0.3 is 14.7 Å². The van der Waals surface area contributed by atoms with Crippen molar-refractivity contribution in [3.63, 3.8) is 0 Å². The van der Waals surface area contributed by atoms with Crippen molar-refractivity contribution in [3.05, 3.63) is 33.9 Å². The molecule has 0 heterocycles. The van der Waals surface area contributed by atoms with Crippen molar-refractivity contribution in [1.82, 2.24) is 0 Å². The van der Waals surface area contributed by atoms with E-state index in [-0.39, 0.29) is 18.8 Å². The number of ether oxygens (including phenoxy) is 1. The maximum absolute atomic E-state index is 11.6. The van der Waals surface area contributed by atoms with Crippen LogP contribution in [0.3, 0.4) is 0 Å². The molecule has 0 aromatic heterocycles. The summed E-state index contributed by atoms with van der Waals surface area (Å²) in [6, 6.07) is 4.43. The molecule has 0 fully saturated rings. The highest BCUT2D eigenvalue weighted by atomic mass is 32.2. The Morgan fingerprint density at radius 3 is 2.86 bits per heavy atom. The first-order chi connectivity index (χ1) is 10.0. The lowest BCUT2D eigenvalue weighted by Gasteiger charge is -2.09. The van der Waals surface area contributed by atoms with E-state index < -0.39 is 11.1 Å². The van der Waals surface area contributed by atoms with Gasteiger partial charge in [0.2, 0.25) is 0 Å². The molecule has 0 amide bonds. The van der Waals surface area contributed by atoms with Crippen LogP contribution in [0.5, 0.6) is 11.5 Å². The number of phenolic OH excluding ortho intramolecular Hbond substituents is 1. The molecule has 1 aromatic rings. The number of rotatable bonds is 9. The van der Waals surface area contributed by atoms with Gasteiger partial charge in [0.05, 0.1) is 6.42 Å². The lowest BCUT2D eigenvalue weighted by Crippen LogP contribution is -2.11. The third kappa shape index (κ3) is 7.09. The third-order valence-electron chi connectivity index (χ3n) is 2.31. The number of hydrogen-bond acceptors (Lipinski definition) is 8. The molecule has 7 nitrogen and oxygen atoms in total. The van der Waals surface area contributed by atoms with Crippen molar-refractivity contribution in [2.75, 3.05) is 18.1 Å². The number of thioether (sulfide) groups is 1. The first-order valence-electron chi connectivity index (χ1n) is 6.01. The third-order valence-corrected chi connectivity index (χ3v) is 3.60. The number of nitrogens with zero attached hydrogens (tertiary/aromatic N) is 1. The highest BCUT2D eigenvalue weighted by Crippen LogP contribution is 2.25. The molecular weight excluding hydrogens is 318 g/mol. The number of benzene rings is 1. The summed E-state index contributed by atoms with van der Waals surface area (Å²) in [7, 11) is 0. The van der Waals surface area contributed by atoms with Gasteiger partial charge in [0.1, 0.15) is 18.1 Å². The minimum atomic E-state index is -0.849. The van der Waals surface area contributed by atoms with Crippen LogP contribution in [-0.2, 0) is 15.4 Å². The summed E-state index contributed by atoms with van der Waals surface area (Å²) in [6.45, 7) is -0.00548. The van der Waals surface area contributed by atoms with Gasteiger partial charge in [0.25, 0.3) is 5.09 Å². The van der Waals surface area contributed by atoms with E-state index in [1.165, 1.54) is 30.0 Å². The topological polar surface area (TPSA) is 98.9 Å². The SMILES string of the molecule is O=C(CCSCCO[N+](=O)[O-])Oc1ccc(O)cc1CS. The highest BCUT2D eigenvalue weighted by molar-refractivity contribution is 7.99. The molecule has 0 aliphatic carbocycles. The second kappa shape index (κ2) is 9.35. The fourth-order valence-electron chi connectivity index (χ4n) is 1.39. The Kier molecular flexibility index (Phi) is 7.76. The smallest absolute Gasteiger partial charge is 0.312 e. The molecule has 1 N–H and O–H groups in total. The van der Waals surface area contributed by atoms with Gasteiger partial charge in [-0.25, -0.2) is 0 Å². The first-order valence-corrected chi connectivity index (χ1v) is 7.80. The zero-order chi connectivity index (χ0) is 15.7. The Balaban J connectivity index is 2.29. The van der Waals surface area contributed by atoms with Crippen LogP contribution in [0.25, 0.3) is 0 Å². The van der Waals surface area contributed by atoms with Crippen molar-refractivity contribution in [2.45, 2.75) is 12.2 Å². The van der Waals surface area contributed by atoms with Gasteiger partial charge in [0, 0.05) is 22.8 Å². The average Bonchev–Trinajstić information content (AvgIpc) is 2.44. The Morgan fingerprint density at radius 1 is 1.43 bits per heavy atom. The summed E-state index contributed by atoms with van der Waals surface area (Å²) >= 11 is 5.46. The number of carbonyl (C=O) groups is 1. The van der Waals surface area contributed by atoms with Crippen molar-refractivity contribution in [1.29, 1.82) is 0 Å². The van der Waals surface area contributed by atoms with Crippen molar-refractivity contribution in [3.8, 4) is 11.5 Å². The lowest BCUT2D eigenvalue weighted by atomic mass is 10.2. The predicted molar refractivity (Wildman–Crippen MR) is 81.3 cm³/mol. The fraction of sp³-hybridized carbons (Fsp3) is 0.417. The van der Waals surface area contributed by atoms with Gasteiger partial charge in [-0.3, -0.25) is 4.79 Å². The second-order valence-corrected chi connectivity index (χ2v) is 5.38. The number of phenols is 1. The van der Waals surface area contributed by atoms with Crippen LogP contribution in [0.2, 0.25) is 0 Å². The molecule has 0 spiro atoms. The van der Waals surface area contributed by atoms with Crippen LogP contribution in [0, 0.1) is 10.1 Å². The number of aromatic hydroxyl groups is 1. The van der Waals surface area contributed by atoms with Crippen LogP contribution in [0.15, 0.2) is 18.2 Å². The molecule has 116 valence electrons. The van der Waals surface area contributed by atoms with E-state index in [1.807, 2.05) is 0 Å². The van der Waals surface area contributed by atoms with E-state index >= 15 is 0 Å². The van der Waals surface area contributed by atoms with Crippen LogP contribution in [0.1, 0.15) is 12.0 Å². The molecule has 0 radical (unpaired) electrons. The van der Waals surface area contributed by atoms with E-state index in [0.29, 0.717) is 28.6 Å². The molecule has 1 aromatic carbocycles. The van der Waals surface area contributed by atoms with Crippen molar-refractivity contribution < 1.29 is 24.6 Å². The predicted octanol–water partition coefficient (Wildman–Crippen LogP) is 2.06. The summed E-state index contributed by atoms with van der Waals surface area (Å²) in [4.78, 5) is 25.7. The average molecular weight is 333 g/mol. The largest absolute Gasteiger partial charge is 0.508 e. The number of esters is 1. The maximum Gasteiger partial charge on any atom is 0.312 e. The molecule has 0 saturated carbocycles. The summed E-state index contributed by atoms with van der Waals surface area (Å²) in [5.74, 6) is 1.29. The van der Waals surface area contributed by atoms with Crippen LogP contribution in [0.4, 0.5) is 0 Å². The molecule has 1 rings (SSSR count). The highest BCUT2D eigenvalue weighted by Gasteiger charge is 2.09. The number of hydrogen-bond donors (Lipinski definition) is 2. The summed E-state index contributed by atoms with van der Waals surface area (Å²) in [5, 5.41) is 18.4. The van der Waals surface area contributed by atoms with E-state index in [1.54, 1.807) is 0 Å². The normalized spacial score (nSPS) is 10.1. The van der Waals surface area contributed by atoms with Gasteiger partial charge in [-0.05, 0) is 18.2 Å². The Hall–Kier alpha value is -1.61. The minimum absolute atomic E-state index is 0.00548. The standard InChI is InChI=1S/C12H15NO6S2/c14-10-1-2-11(9(7-10)8-20)19-12(15)3-5-21-6-4-18-13(16)17/h1-2,7,14,20H,3-6,8H2. The van der Waals surface area contributed by atoms with E-state index in [0.717, 1.165) is 0 Å². The zero-order valence-corrected chi connectivity index (χ0v) is 12.8. The van der Waals surface area contributed by atoms with Crippen molar-refractivity contribution in [2.24, 2.45) is 0 Å². The molecule has 0 bridgehead atoms. The molecular formula is C12H15NO6S2.